The van der Waals surface area contributed by atoms with Gasteiger partial charge in [-0.25, -0.2) is 4.98 Å². The first-order chi connectivity index (χ1) is 14.7. The average molecular weight is 403 g/mol. The molecule has 1 spiro atoms. The zero-order valence-corrected chi connectivity index (χ0v) is 17.6. The summed E-state index contributed by atoms with van der Waals surface area (Å²) >= 11 is 0. The van der Waals surface area contributed by atoms with Crippen LogP contribution in [-0.4, -0.2) is 40.1 Å². The molecule has 6 nitrogen and oxygen atoms in total. The highest BCUT2D eigenvalue weighted by Gasteiger charge is 2.45. The summed E-state index contributed by atoms with van der Waals surface area (Å²) in [6, 6.07) is 11.3. The topological polar surface area (TPSA) is 68.9 Å². The molecule has 1 saturated carbocycles. The number of fused-ring (bicyclic) bond motifs is 1. The van der Waals surface area contributed by atoms with Crippen molar-refractivity contribution in [3.63, 3.8) is 0 Å². The van der Waals surface area contributed by atoms with E-state index >= 15 is 0 Å². The van der Waals surface area contributed by atoms with E-state index in [1.165, 1.54) is 36.2 Å². The van der Waals surface area contributed by atoms with Crippen LogP contribution >= 0.6 is 0 Å². The lowest BCUT2D eigenvalue weighted by Crippen LogP contribution is -2.52. The third-order valence-corrected chi connectivity index (χ3v) is 7.18. The Morgan fingerprint density at radius 2 is 2.00 bits per heavy atom. The quantitative estimate of drug-likeness (QED) is 0.622. The van der Waals surface area contributed by atoms with Gasteiger partial charge in [-0.2, -0.15) is 0 Å². The smallest absolute Gasteiger partial charge is 0.124 e. The molecule has 6 rings (SSSR count). The minimum Gasteiger partial charge on any atom is -0.367 e. The zero-order chi connectivity index (χ0) is 20.1. The van der Waals surface area contributed by atoms with Crippen molar-refractivity contribution < 1.29 is 0 Å². The molecule has 6 heteroatoms. The van der Waals surface area contributed by atoms with Crippen molar-refractivity contribution in [3.05, 3.63) is 53.6 Å². The van der Waals surface area contributed by atoms with Crippen LogP contribution in [0.4, 0.5) is 5.69 Å². The number of anilines is 1. The van der Waals surface area contributed by atoms with Gasteiger partial charge in [0.1, 0.15) is 11.3 Å². The van der Waals surface area contributed by atoms with Crippen molar-refractivity contribution in [3.8, 4) is 0 Å². The van der Waals surface area contributed by atoms with Gasteiger partial charge in [0, 0.05) is 31.4 Å². The molecule has 2 atom stereocenters. The van der Waals surface area contributed by atoms with Crippen molar-refractivity contribution >= 4 is 16.7 Å². The van der Waals surface area contributed by atoms with Gasteiger partial charge in [-0.15, -0.1) is 0 Å². The maximum atomic E-state index is 5.13. The molecule has 4 heterocycles. The van der Waals surface area contributed by atoms with Crippen LogP contribution in [0, 0.1) is 6.92 Å². The monoisotopic (exact) mass is 402 g/mol. The minimum absolute atomic E-state index is 0.239. The van der Waals surface area contributed by atoms with Crippen LogP contribution in [-0.2, 0) is 0 Å². The molecule has 0 bridgehead atoms. The number of imidazole rings is 1. The fourth-order valence-corrected chi connectivity index (χ4v) is 5.33. The van der Waals surface area contributed by atoms with Gasteiger partial charge in [0.2, 0.25) is 0 Å². The second-order valence-electron chi connectivity index (χ2n) is 9.33. The van der Waals surface area contributed by atoms with Gasteiger partial charge in [-0.3, -0.25) is 10.3 Å². The molecule has 2 aliphatic heterocycles. The van der Waals surface area contributed by atoms with Gasteiger partial charge in [0.15, 0.2) is 0 Å². The molecule has 1 aromatic carbocycles. The molecule has 0 radical (unpaired) electrons. The number of benzene rings is 1. The van der Waals surface area contributed by atoms with Crippen LogP contribution in [0.3, 0.4) is 0 Å². The minimum atomic E-state index is 0.239. The van der Waals surface area contributed by atoms with E-state index in [9.17, 15) is 0 Å². The largest absolute Gasteiger partial charge is 0.367 e. The second kappa shape index (κ2) is 7.06. The van der Waals surface area contributed by atoms with Crippen LogP contribution in [0.15, 0.2) is 36.5 Å². The molecule has 30 heavy (non-hydrogen) atoms. The molecule has 2 saturated heterocycles. The highest BCUT2D eigenvalue weighted by atomic mass is 15.3. The lowest BCUT2D eigenvalue weighted by Gasteiger charge is -2.35. The number of hydrogen-bond acceptors (Lipinski definition) is 5. The van der Waals surface area contributed by atoms with E-state index < -0.39 is 0 Å². The standard InChI is InChI=1S/C24H30N6/c1-16-5-4-12-25-21(16)17-6-2-8-19(27-17)23-28-18-7-3-9-20(22(18)29-23)30-14-13-26-24(15-30)10-11-24/h3-5,7,9,12,17,19,26-27H,2,6,8,10-11,13-15H2,1H3,(H,28,29)/t17-,19+/m0/s1. The summed E-state index contributed by atoms with van der Waals surface area (Å²) in [5.41, 5.74) is 6.32. The number of aromatic nitrogens is 3. The second-order valence-corrected chi connectivity index (χ2v) is 9.33. The van der Waals surface area contributed by atoms with Crippen molar-refractivity contribution in [2.24, 2.45) is 0 Å². The number of hydrogen-bond donors (Lipinski definition) is 3. The predicted molar refractivity (Wildman–Crippen MR) is 120 cm³/mol. The summed E-state index contributed by atoms with van der Waals surface area (Å²) in [4.78, 5) is 16.0. The van der Waals surface area contributed by atoms with E-state index in [4.69, 9.17) is 4.98 Å². The summed E-state index contributed by atoms with van der Waals surface area (Å²) in [6.45, 7) is 5.35. The van der Waals surface area contributed by atoms with Gasteiger partial charge < -0.3 is 15.2 Å². The summed E-state index contributed by atoms with van der Waals surface area (Å²) < 4.78 is 0. The summed E-state index contributed by atoms with van der Waals surface area (Å²) in [5.74, 6) is 1.06. The fourth-order valence-electron chi connectivity index (χ4n) is 5.33. The van der Waals surface area contributed by atoms with Gasteiger partial charge in [-0.1, -0.05) is 12.1 Å². The Bertz CT molecular complexity index is 1070. The van der Waals surface area contributed by atoms with Crippen molar-refractivity contribution in [1.29, 1.82) is 0 Å². The van der Waals surface area contributed by atoms with E-state index in [1.807, 2.05) is 12.3 Å². The molecule has 1 aliphatic carbocycles. The molecule has 3 aliphatic rings. The molecule has 2 aromatic heterocycles. The first-order valence-electron chi connectivity index (χ1n) is 11.4. The third kappa shape index (κ3) is 3.19. The Morgan fingerprint density at radius 1 is 1.10 bits per heavy atom. The Morgan fingerprint density at radius 3 is 2.87 bits per heavy atom. The van der Waals surface area contributed by atoms with E-state index in [2.05, 4.69) is 56.7 Å². The molecule has 3 N–H and O–H groups in total. The van der Waals surface area contributed by atoms with E-state index in [0.717, 1.165) is 49.3 Å². The fraction of sp³-hybridized carbons (Fsp3) is 0.500. The molecule has 3 aromatic rings. The van der Waals surface area contributed by atoms with Crippen molar-refractivity contribution in [2.75, 3.05) is 24.5 Å². The Balaban J connectivity index is 1.29. The van der Waals surface area contributed by atoms with Gasteiger partial charge >= 0.3 is 0 Å². The highest BCUT2D eigenvalue weighted by molar-refractivity contribution is 5.89. The SMILES string of the molecule is Cc1cccnc1[C@@H]1CCC[C@H](c2nc3c(N4CCNC5(CC5)C4)cccc3[nH]2)N1. The Hall–Kier alpha value is -2.44. The molecule has 0 unspecified atom stereocenters. The number of H-pyrrole nitrogens is 1. The summed E-state index contributed by atoms with van der Waals surface area (Å²) in [5, 5.41) is 7.54. The molecular weight excluding hydrogens is 372 g/mol. The van der Waals surface area contributed by atoms with Crippen molar-refractivity contribution in [2.45, 2.75) is 56.7 Å². The van der Waals surface area contributed by atoms with E-state index in [0.29, 0.717) is 11.6 Å². The third-order valence-electron chi connectivity index (χ3n) is 7.18. The van der Waals surface area contributed by atoms with Crippen LogP contribution in [0.1, 0.15) is 61.3 Å². The maximum absolute atomic E-state index is 5.13. The molecule has 156 valence electrons. The zero-order valence-electron chi connectivity index (χ0n) is 17.6. The first kappa shape index (κ1) is 18.3. The number of rotatable bonds is 3. The molecular formula is C24H30N6. The first-order valence-corrected chi connectivity index (χ1v) is 11.4. The number of nitrogens with zero attached hydrogens (tertiary/aromatic N) is 3. The summed E-state index contributed by atoms with van der Waals surface area (Å²) in [7, 11) is 0. The normalized spacial score (nSPS) is 25.7. The number of nitrogens with one attached hydrogen (secondary N) is 3. The predicted octanol–water partition coefficient (Wildman–Crippen LogP) is 3.76. The van der Waals surface area contributed by atoms with Crippen molar-refractivity contribution in [1.82, 2.24) is 25.6 Å². The summed E-state index contributed by atoms with van der Waals surface area (Å²) in [6.07, 6.45) is 7.91. The Kier molecular flexibility index (Phi) is 4.32. The molecule has 3 fully saturated rings. The number of pyridine rings is 1. The van der Waals surface area contributed by atoms with Crippen LogP contribution < -0.4 is 15.5 Å². The number of piperazine rings is 1. The van der Waals surface area contributed by atoms with E-state index in [1.54, 1.807) is 0 Å². The van der Waals surface area contributed by atoms with E-state index in [-0.39, 0.29) is 6.04 Å². The van der Waals surface area contributed by atoms with Crippen LogP contribution in [0.25, 0.3) is 11.0 Å². The lowest BCUT2D eigenvalue weighted by atomic mass is 9.94. The lowest BCUT2D eigenvalue weighted by molar-refractivity contribution is 0.317. The maximum Gasteiger partial charge on any atom is 0.124 e. The number of para-hydroxylation sites is 1. The molecule has 0 amide bonds. The van der Waals surface area contributed by atoms with Crippen LogP contribution in [0.2, 0.25) is 0 Å². The van der Waals surface area contributed by atoms with Gasteiger partial charge in [-0.05, 0) is 62.8 Å². The Labute approximate surface area is 177 Å². The van der Waals surface area contributed by atoms with Gasteiger partial charge in [0.05, 0.1) is 29.0 Å². The van der Waals surface area contributed by atoms with Crippen LogP contribution in [0.5, 0.6) is 0 Å². The highest BCUT2D eigenvalue weighted by Crippen LogP contribution is 2.40. The van der Waals surface area contributed by atoms with Gasteiger partial charge in [0.25, 0.3) is 0 Å². The number of aryl methyl sites for hydroxylation is 1. The number of piperidine rings is 1. The average Bonchev–Trinajstić information content (AvgIpc) is 3.36. The number of aromatic amines is 1.